The van der Waals surface area contributed by atoms with Crippen molar-refractivity contribution in [2.24, 2.45) is 11.8 Å². The van der Waals surface area contributed by atoms with Crippen LogP contribution in [0.1, 0.15) is 23.0 Å². The highest BCUT2D eigenvalue weighted by atomic mass is 79.9. The molecular formula is C13H17BrN2OS. The SMILES string of the molecule is CCC1C2CNCC2CN1C(=O)c1sccc1Br. The lowest BCUT2D eigenvalue weighted by Gasteiger charge is -2.26. The molecule has 2 saturated heterocycles. The molecule has 2 aliphatic rings. The van der Waals surface area contributed by atoms with Gasteiger partial charge in [-0.1, -0.05) is 6.92 Å². The molecule has 0 radical (unpaired) electrons. The Bertz CT molecular complexity index is 462. The second-order valence-corrected chi connectivity index (χ2v) is 6.88. The Hall–Kier alpha value is -0.390. The minimum atomic E-state index is 0.207. The van der Waals surface area contributed by atoms with Crippen molar-refractivity contribution in [3.05, 3.63) is 20.8 Å². The molecule has 18 heavy (non-hydrogen) atoms. The van der Waals surface area contributed by atoms with Crippen molar-refractivity contribution in [3.8, 4) is 0 Å². The number of halogens is 1. The van der Waals surface area contributed by atoms with Gasteiger partial charge in [0.25, 0.3) is 5.91 Å². The molecule has 1 aromatic heterocycles. The zero-order valence-electron chi connectivity index (χ0n) is 10.4. The number of carbonyl (C=O) groups is 1. The Morgan fingerprint density at radius 1 is 1.61 bits per heavy atom. The van der Waals surface area contributed by atoms with E-state index in [-0.39, 0.29) is 5.91 Å². The summed E-state index contributed by atoms with van der Waals surface area (Å²) < 4.78 is 0.933. The molecule has 0 aromatic carbocycles. The molecule has 1 aromatic rings. The van der Waals surface area contributed by atoms with Gasteiger partial charge >= 0.3 is 0 Å². The summed E-state index contributed by atoms with van der Waals surface area (Å²) in [6, 6.07) is 2.36. The van der Waals surface area contributed by atoms with Crippen molar-refractivity contribution in [2.75, 3.05) is 19.6 Å². The van der Waals surface area contributed by atoms with Crippen LogP contribution in [0.3, 0.4) is 0 Å². The number of carbonyl (C=O) groups excluding carboxylic acids is 1. The fraction of sp³-hybridized carbons (Fsp3) is 0.615. The van der Waals surface area contributed by atoms with E-state index in [1.54, 1.807) is 0 Å². The van der Waals surface area contributed by atoms with Crippen LogP contribution in [0.25, 0.3) is 0 Å². The summed E-state index contributed by atoms with van der Waals surface area (Å²) in [4.78, 5) is 15.6. The monoisotopic (exact) mass is 328 g/mol. The molecule has 3 unspecified atom stereocenters. The van der Waals surface area contributed by atoms with Crippen molar-refractivity contribution in [2.45, 2.75) is 19.4 Å². The van der Waals surface area contributed by atoms with E-state index < -0.39 is 0 Å². The van der Waals surface area contributed by atoms with Gasteiger partial charge in [-0.2, -0.15) is 0 Å². The lowest BCUT2D eigenvalue weighted by molar-refractivity contribution is 0.0716. The summed E-state index contributed by atoms with van der Waals surface area (Å²) in [5, 5.41) is 5.42. The number of thiophene rings is 1. The van der Waals surface area contributed by atoms with Crippen LogP contribution in [0.5, 0.6) is 0 Å². The van der Waals surface area contributed by atoms with Crippen LogP contribution in [0, 0.1) is 11.8 Å². The zero-order valence-corrected chi connectivity index (χ0v) is 12.8. The second kappa shape index (κ2) is 4.94. The smallest absolute Gasteiger partial charge is 0.265 e. The highest BCUT2D eigenvalue weighted by Crippen LogP contribution is 2.36. The van der Waals surface area contributed by atoms with Crippen molar-refractivity contribution in [1.29, 1.82) is 0 Å². The van der Waals surface area contributed by atoms with Crippen LogP contribution in [0.4, 0.5) is 0 Å². The number of nitrogens with zero attached hydrogens (tertiary/aromatic N) is 1. The average Bonchev–Trinajstić information content (AvgIpc) is 3.01. The van der Waals surface area contributed by atoms with Gasteiger partial charge in [0.2, 0.25) is 0 Å². The van der Waals surface area contributed by atoms with Gasteiger partial charge in [0.05, 0.1) is 0 Å². The third-order valence-corrected chi connectivity index (χ3v) is 6.03. The van der Waals surface area contributed by atoms with Crippen LogP contribution < -0.4 is 5.32 Å². The predicted molar refractivity (Wildman–Crippen MR) is 77.0 cm³/mol. The molecule has 1 N–H and O–H groups in total. The van der Waals surface area contributed by atoms with E-state index in [0.29, 0.717) is 17.9 Å². The van der Waals surface area contributed by atoms with Crippen LogP contribution in [-0.4, -0.2) is 36.5 Å². The third kappa shape index (κ3) is 1.92. The van der Waals surface area contributed by atoms with Crippen molar-refractivity contribution in [1.82, 2.24) is 10.2 Å². The molecule has 0 aliphatic carbocycles. The van der Waals surface area contributed by atoms with Gasteiger partial charge < -0.3 is 10.2 Å². The van der Waals surface area contributed by atoms with Crippen LogP contribution >= 0.6 is 27.3 Å². The van der Waals surface area contributed by atoms with E-state index in [1.165, 1.54) is 11.3 Å². The molecule has 2 aliphatic heterocycles. The van der Waals surface area contributed by atoms with Crippen LogP contribution in [0.2, 0.25) is 0 Å². The summed E-state index contributed by atoms with van der Waals surface area (Å²) >= 11 is 5.00. The summed E-state index contributed by atoms with van der Waals surface area (Å²) in [5.74, 6) is 1.51. The first-order valence-electron chi connectivity index (χ1n) is 6.47. The molecular weight excluding hydrogens is 312 g/mol. The quantitative estimate of drug-likeness (QED) is 0.905. The number of hydrogen-bond acceptors (Lipinski definition) is 3. The Kier molecular flexibility index (Phi) is 3.47. The largest absolute Gasteiger partial charge is 0.334 e. The van der Waals surface area contributed by atoms with Gasteiger partial charge in [0, 0.05) is 30.1 Å². The van der Waals surface area contributed by atoms with E-state index in [2.05, 4.69) is 33.1 Å². The number of likely N-dealkylation sites (tertiary alicyclic amines) is 1. The first-order chi connectivity index (χ1) is 8.72. The Morgan fingerprint density at radius 3 is 3.11 bits per heavy atom. The van der Waals surface area contributed by atoms with Gasteiger partial charge in [-0.05, 0) is 45.6 Å². The van der Waals surface area contributed by atoms with Gasteiger partial charge in [-0.15, -0.1) is 11.3 Å². The third-order valence-electron chi connectivity index (χ3n) is 4.21. The molecule has 0 bridgehead atoms. The lowest BCUT2D eigenvalue weighted by atomic mass is 9.93. The van der Waals surface area contributed by atoms with Crippen molar-refractivity contribution >= 4 is 33.2 Å². The number of rotatable bonds is 2. The molecule has 0 saturated carbocycles. The molecule has 0 spiro atoms. The maximum absolute atomic E-state index is 12.6. The van der Waals surface area contributed by atoms with E-state index >= 15 is 0 Å². The molecule has 2 fully saturated rings. The lowest BCUT2D eigenvalue weighted by Crippen LogP contribution is -2.39. The summed E-state index contributed by atoms with van der Waals surface area (Å²) in [7, 11) is 0. The molecule has 3 atom stereocenters. The molecule has 5 heteroatoms. The molecule has 1 amide bonds. The Labute approximate surface area is 120 Å². The maximum Gasteiger partial charge on any atom is 0.265 e. The van der Waals surface area contributed by atoms with Crippen molar-refractivity contribution in [3.63, 3.8) is 0 Å². The minimum Gasteiger partial charge on any atom is -0.334 e. The van der Waals surface area contributed by atoms with Crippen LogP contribution in [-0.2, 0) is 0 Å². The topological polar surface area (TPSA) is 32.3 Å². The number of hydrogen-bond donors (Lipinski definition) is 1. The average molecular weight is 329 g/mol. The highest BCUT2D eigenvalue weighted by Gasteiger charge is 2.45. The zero-order chi connectivity index (χ0) is 12.7. The minimum absolute atomic E-state index is 0.207. The standard InChI is InChI=1S/C13H17BrN2OS/c1-2-11-9-6-15-5-8(9)7-16(11)13(17)12-10(14)3-4-18-12/h3-4,8-9,11,15H,2,5-7H2,1H3. The van der Waals surface area contributed by atoms with E-state index in [9.17, 15) is 4.79 Å². The van der Waals surface area contributed by atoms with Gasteiger partial charge in [-0.3, -0.25) is 4.79 Å². The van der Waals surface area contributed by atoms with Crippen molar-refractivity contribution < 1.29 is 4.79 Å². The Morgan fingerprint density at radius 2 is 2.44 bits per heavy atom. The fourth-order valence-electron chi connectivity index (χ4n) is 3.36. The Balaban J connectivity index is 1.84. The van der Waals surface area contributed by atoms with Gasteiger partial charge in [0.15, 0.2) is 0 Å². The summed E-state index contributed by atoms with van der Waals surface area (Å²) in [6.07, 6.45) is 1.05. The predicted octanol–water partition coefficient (Wildman–Crippen LogP) is 2.58. The van der Waals surface area contributed by atoms with Gasteiger partial charge in [-0.25, -0.2) is 0 Å². The van der Waals surface area contributed by atoms with Gasteiger partial charge in [0.1, 0.15) is 4.88 Å². The summed E-state index contributed by atoms with van der Waals surface area (Å²) in [5.41, 5.74) is 0. The highest BCUT2D eigenvalue weighted by molar-refractivity contribution is 9.10. The molecule has 98 valence electrons. The molecule has 3 rings (SSSR count). The normalized spacial score (nSPS) is 30.8. The number of nitrogens with one attached hydrogen (secondary N) is 1. The molecule has 3 heterocycles. The maximum atomic E-state index is 12.6. The second-order valence-electron chi connectivity index (χ2n) is 5.11. The van der Waals surface area contributed by atoms with E-state index in [4.69, 9.17) is 0 Å². The first-order valence-corrected chi connectivity index (χ1v) is 8.14. The van der Waals surface area contributed by atoms with E-state index in [0.717, 1.165) is 35.4 Å². The fourth-order valence-corrected chi connectivity index (χ4v) is 4.85. The summed E-state index contributed by atoms with van der Waals surface area (Å²) in [6.45, 7) is 5.24. The number of amides is 1. The molecule has 3 nitrogen and oxygen atoms in total. The van der Waals surface area contributed by atoms with Crippen LogP contribution in [0.15, 0.2) is 15.9 Å². The first kappa shape index (κ1) is 12.6. The number of fused-ring (bicyclic) bond motifs is 1. The van der Waals surface area contributed by atoms with E-state index in [1.807, 2.05) is 11.4 Å².